The number of halogens is 2. The van der Waals surface area contributed by atoms with Crippen molar-refractivity contribution in [2.24, 2.45) is 0 Å². The number of hydrogen-bond acceptors (Lipinski definition) is 3. The second-order valence-corrected chi connectivity index (χ2v) is 8.83. The van der Waals surface area contributed by atoms with Crippen LogP contribution in [0.4, 0.5) is 8.78 Å². The molecule has 0 unspecified atom stereocenters. The van der Waals surface area contributed by atoms with Crippen molar-refractivity contribution in [3.63, 3.8) is 0 Å². The van der Waals surface area contributed by atoms with E-state index in [1.165, 1.54) is 34.9 Å². The molecule has 2 aromatic carbocycles. The van der Waals surface area contributed by atoms with Gasteiger partial charge in [0, 0.05) is 30.3 Å². The monoisotopic (exact) mass is 437 g/mol. The Morgan fingerprint density at radius 1 is 1.22 bits per heavy atom. The lowest BCUT2D eigenvalue weighted by Gasteiger charge is -2.45. The Labute approximate surface area is 185 Å². The quantitative estimate of drug-likeness (QED) is 0.685. The summed E-state index contributed by atoms with van der Waals surface area (Å²) in [6.45, 7) is 3.32. The fourth-order valence-electron chi connectivity index (χ4n) is 5.57. The van der Waals surface area contributed by atoms with Crippen LogP contribution >= 0.6 is 0 Å². The summed E-state index contributed by atoms with van der Waals surface area (Å²) in [6.07, 6.45) is 4.43. The van der Waals surface area contributed by atoms with Gasteiger partial charge in [0.05, 0.1) is 12.6 Å². The number of carbonyl (C=O) groups is 1. The van der Waals surface area contributed by atoms with E-state index in [4.69, 9.17) is 9.84 Å². The van der Waals surface area contributed by atoms with E-state index in [-0.39, 0.29) is 23.2 Å². The van der Waals surface area contributed by atoms with E-state index in [0.29, 0.717) is 19.6 Å². The zero-order chi connectivity index (χ0) is 22.4. The molecule has 2 aliphatic heterocycles. The van der Waals surface area contributed by atoms with Gasteiger partial charge in [0.25, 0.3) is 0 Å². The summed E-state index contributed by atoms with van der Waals surface area (Å²) in [7, 11) is 0. The van der Waals surface area contributed by atoms with Gasteiger partial charge in [-0.3, -0.25) is 4.90 Å². The first-order valence-electron chi connectivity index (χ1n) is 11.0. The third-order valence-corrected chi connectivity index (χ3v) is 6.87. The highest BCUT2D eigenvalue weighted by Gasteiger charge is 2.44. The molecular weight excluding hydrogens is 412 g/mol. The van der Waals surface area contributed by atoms with E-state index in [0.717, 1.165) is 24.5 Å². The van der Waals surface area contributed by atoms with E-state index < -0.39 is 23.6 Å². The minimum Gasteiger partial charge on any atom is -0.478 e. The average Bonchev–Trinajstić information content (AvgIpc) is 3.40. The molecule has 0 bridgehead atoms. The Hall–Kier alpha value is -2.83. The maximum Gasteiger partial charge on any atom is 0.328 e. The van der Waals surface area contributed by atoms with Crippen molar-refractivity contribution in [2.75, 3.05) is 13.2 Å². The second-order valence-electron chi connectivity index (χ2n) is 8.83. The third kappa shape index (κ3) is 3.57. The summed E-state index contributed by atoms with van der Waals surface area (Å²) < 4.78 is 36.6. The summed E-state index contributed by atoms with van der Waals surface area (Å²) in [5, 5.41) is 8.85. The van der Waals surface area contributed by atoms with Gasteiger partial charge < -0.3 is 9.84 Å². The van der Waals surface area contributed by atoms with Crippen LogP contribution in [0.2, 0.25) is 0 Å². The molecule has 0 radical (unpaired) electrons. The van der Waals surface area contributed by atoms with E-state index in [2.05, 4.69) is 24.0 Å². The lowest BCUT2D eigenvalue weighted by Crippen LogP contribution is -2.48. The zero-order valence-corrected chi connectivity index (χ0v) is 17.9. The number of carboxylic acid groups (broad SMARTS) is 1. The van der Waals surface area contributed by atoms with Crippen LogP contribution in [-0.2, 0) is 16.0 Å². The van der Waals surface area contributed by atoms with Gasteiger partial charge in [0.2, 0.25) is 0 Å². The van der Waals surface area contributed by atoms with Gasteiger partial charge in [-0.1, -0.05) is 24.3 Å². The maximum atomic E-state index is 15.5. The Balaban J connectivity index is 1.65. The van der Waals surface area contributed by atoms with E-state index >= 15 is 8.78 Å². The van der Waals surface area contributed by atoms with Crippen molar-refractivity contribution in [1.82, 2.24) is 4.90 Å². The molecule has 1 N–H and O–H groups in total. The van der Waals surface area contributed by atoms with Crippen LogP contribution in [-0.4, -0.2) is 41.3 Å². The van der Waals surface area contributed by atoms with Gasteiger partial charge in [0.1, 0.15) is 11.6 Å². The molecule has 0 saturated carbocycles. The molecule has 0 spiro atoms. The molecule has 6 heteroatoms. The van der Waals surface area contributed by atoms with Crippen LogP contribution in [0.5, 0.6) is 0 Å². The minimum atomic E-state index is -1.16. The fraction of sp³-hybridized carbons (Fsp3) is 0.346. The van der Waals surface area contributed by atoms with Gasteiger partial charge in [-0.25, -0.2) is 13.6 Å². The third-order valence-electron chi connectivity index (χ3n) is 6.87. The Morgan fingerprint density at radius 2 is 1.97 bits per heavy atom. The van der Waals surface area contributed by atoms with Crippen molar-refractivity contribution >= 4 is 17.6 Å². The molecule has 1 saturated heterocycles. The predicted octanol–water partition coefficient (Wildman–Crippen LogP) is 5.00. The first-order chi connectivity index (χ1) is 15.4. The van der Waals surface area contributed by atoms with Crippen LogP contribution in [0.3, 0.4) is 0 Å². The number of hydrogen-bond donors (Lipinski definition) is 1. The van der Waals surface area contributed by atoms with Crippen LogP contribution < -0.4 is 0 Å². The van der Waals surface area contributed by atoms with Gasteiger partial charge in [-0.05, 0) is 72.2 Å². The standard InChI is InChI=1S/C26H25F2NO3/c1-15-10-20-19-5-3-2-4-17(19)13-21(20)26(29(15)18-8-9-32-14-18)25-22(27)11-16(12-23(25)28)6-7-24(30)31/h2-7,11-12,15,18,26H,8-10,13-14H2,1H3,(H,30,31)/b7-6+/t15-,18-,26+/m1/s1. The molecule has 4 nitrogen and oxygen atoms in total. The number of nitrogens with zero attached hydrogens (tertiary/aromatic N) is 1. The average molecular weight is 437 g/mol. The van der Waals surface area contributed by atoms with Gasteiger partial charge in [-0.2, -0.15) is 0 Å². The second kappa shape index (κ2) is 8.26. The van der Waals surface area contributed by atoms with Crippen molar-refractivity contribution in [3.8, 4) is 0 Å². The first-order valence-corrected chi connectivity index (χ1v) is 11.0. The van der Waals surface area contributed by atoms with Crippen molar-refractivity contribution in [1.29, 1.82) is 0 Å². The Kier molecular flexibility index (Phi) is 5.43. The SMILES string of the molecule is C[C@@H]1CC2=C(Cc3ccccc32)[C@@H](c2c(F)cc(/C=C/C(=O)O)cc2F)N1[C@@H]1CCOC1. The number of fused-ring (bicyclic) bond motifs is 2. The molecule has 166 valence electrons. The number of ether oxygens (including phenoxy) is 1. The number of benzene rings is 2. The summed E-state index contributed by atoms with van der Waals surface area (Å²) in [6, 6.07) is 10.3. The first kappa shape index (κ1) is 21.0. The van der Waals surface area contributed by atoms with Gasteiger partial charge in [-0.15, -0.1) is 0 Å². The molecule has 3 atom stereocenters. The molecule has 5 rings (SSSR count). The number of rotatable bonds is 4. The molecule has 0 aromatic heterocycles. The van der Waals surface area contributed by atoms with Gasteiger partial charge in [0.15, 0.2) is 0 Å². The van der Waals surface area contributed by atoms with E-state index in [9.17, 15) is 4.79 Å². The lowest BCUT2D eigenvalue weighted by atomic mass is 9.83. The van der Waals surface area contributed by atoms with Crippen LogP contribution in [0, 0.1) is 11.6 Å². The van der Waals surface area contributed by atoms with E-state index in [1.807, 2.05) is 12.1 Å². The minimum absolute atomic E-state index is 0.0382. The molecule has 2 heterocycles. The van der Waals surface area contributed by atoms with Gasteiger partial charge >= 0.3 is 5.97 Å². The maximum absolute atomic E-state index is 15.5. The van der Waals surface area contributed by atoms with Crippen molar-refractivity contribution < 1.29 is 23.4 Å². The lowest BCUT2D eigenvalue weighted by molar-refractivity contribution is -0.131. The van der Waals surface area contributed by atoms with Crippen LogP contribution in [0.15, 0.2) is 48.0 Å². The number of aliphatic carboxylic acids is 1. The topological polar surface area (TPSA) is 49.8 Å². The normalized spacial score (nSPS) is 25.4. The van der Waals surface area contributed by atoms with Crippen molar-refractivity contribution in [2.45, 2.75) is 44.3 Å². The van der Waals surface area contributed by atoms with Crippen LogP contribution in [0.25, 0.3) is 11.6 Å². The number of carboxylic acids is 1. The van der Waals surface area contributed by atoms with E-state index in [1.54, 1.807) is 0 Å². The Bertz CT molecular complexity index is 1110. The molecule has 3 aliphatic rings. The fourth-order valence-corrected chi connectivity index (χ4v) is 5.57. The largest absolute Gasteiger partial charge is 0.478 e. The van der Waals surface area contributed by atoms with Crippen molar-refractivity contribution in [3.05, 3.63) is 81.9 Å². The smallest absolute Gasteiger partial charge is 0.328 e. The molecule has 0 amide bonds. The van der Waals surface area contributed by atoms with Crippen LogP contribution in [0.1, 0.15) is 48.1 Å². The molecule has 1 aliphatic carbocycles. The molecular formula is C26H25F2NO3. The highest BCUT2D eigenvalue weighted by Crippen LogP contribution is 2.50. The molecule has 2 aromatic rings. The highest BCUT2D eigenvalue weighted by atomic mass is 19.1. The molecule has 32 heavy (non-hydrogen) atoms. The summed E-state index contributed by atoms with van der Waals surface area (Å²) in [4.78, 5) is 13.1. The highest BCUT2D eigenvalue weighted by molar-refractivity contribution is 5.85. The summed E-state index contributed by atoms with van der Waals surface area (Å²) in [5.74, 6) is -2.47. The summed E-state index contributed by atoms with van der Waals surface area (Å²) >= 11 is 0. The zero-order valence-electron chi connectivity index (χ0n) is 17.9. The Morgan fingerprint density at radius 3 is 2.66 bits per heavy atom. The summed E-state index contributed by atoms with van der Waals surface area (Å²) in [5.41, 5.74) is 4.86. The molecule has 1 fully saturated rings. The predicted molar refractivity (Wildman–Crippen MR) is 118 cm³/mol.